The van der Waals surface area contributed by atoms with E-state index in [1.807, 2.05) is 0 Å². The molecule has 1 aromatic rings. The lowest BCUT2D eigenvalue weighted by Gasteiger charge is -2.25. The minimum absolute atomic E-state index is 0.0417. The summed E-state index contributed by atoms with van der Waals surface area (Å²) in [6.45, 7) is 2.03. The summed E-state index contributed by atoms with van der Waals surface area (Å²) in [5.74, 6) is -0.784. The topological polar surface area (TPSA) is 101 Å². The van der Waals surface area contributed by atoms with Gasteiger partial charge in [0.05, 0.1) is 11.6 Å². The van der Waals surface area contributed by atoms with Gasteiger partial charge in [0.15, 0.2) is 6.19 Å². The zero-order valence-corrected chi connectivity index (χ0v) is 17.3. The van der Waals surface area contributed by atoms with E-state index in [1.165, 1.54) is 18.2 Å². The van der Waals surface area contributed by atoms with Crippen molar-refractivity contribution in [2.75, 3.05) is 31.5 Å². The monoisotopic (exact) mass is 434 g/mol. The van der Waals surface area contributed by atoms with Crippen molar-refractivity contribution in [1.29, 1.82) is 5.26 Å². The molecule has 1 aromatic carbocycles. The molecule has 2 heterocycles. The Morgan fingerprint density at radius 3 is 2.70 bits per heavy atom. The van der Waals surface area contributed by atoms with Gasteiger partial charge in [0.2, 0.25) is 17.8 Å². The van der Waals surface area contributed by atoms with Gasteiger partial charge in [0, 0.05) is 25.3 Å². The Morgan fingerprint density at radius 1 is 1.27 bits per heavy atom. The van der Waals surface area contributed by atoms with Gasteiger partial charge in [-0.05, 0) is 50.3 Å². The van der Waals surface area contributed by atoms with Gasteiger partial charge in [-0.1, -0.05) is 11.6 Å². The minimum Gasteiger partial charge on any atom is -0.341 e. The maximum absolute atomic E-state index is 13.4. The number of aliphatic imine (C=N–C) groups is 1. The molecule has 2 fully saturated rings. The smallest absolute Gasteiger partial charge is 0.247 e. The summed E-state index contributed by atoms with van der Waals surface area (Å²) in [6, 6.07) is 3.28. The Labute approximate surface area is 179 Å². The van der Waals surface area contributed by atoms with Gasteiger partial charge in [0.1, 0.15) is 11.9 Å². The number of carbonyl (C=O) groups excluding carboxylic acids is 2. The molecule has 1 atom stereocenters. The number of guanidine groups is 1. The fourth-order valence-electron chi connectivity index (χ4n) is 3.61. The molecule has 2 amide bonds. The molecule has 1 unspecified atom stereocenters. The number of likely N-dealkylation sites (tertiary alicyclic amines) is 2. The Morgan fingerprint density at radius 2 is 2.00 bits per heavy atom. The fourth-order valence-corrected chi connectivity index (χ4v) is 3.79. The van der Waals surface area contributed by atoms with E-state index in [2.05, 4.69) is 15.6 Å². The van der Waals surface area contributed by atoms with Crippen molar-refractivity contribution in [3.05, 3.63) is 29.0 Å². The molecule has 2 saturated heterocycles. The van der Waals surface area contributed by atoms with Gasteiger partial charge in [-0.25, -0.2) is 9.38 Å². The lowest BCUT2D eigenvalue weighted by Crippen LogP contribution is -2.45. The number of nitrogens with one attached hydrogen (secondary N) is 2. The zero-order valence-electron chi connectivity index (χ0n) is 16.5. The third-order valence-electron chi connectivity index (χ3n) is 5.18. The van der Waals surface area contributed by atoms with Crippen LogP contribution in [0.4, 0.5) is 10.1 Å². The molecule has 0 saturated carbocycles. The van der Waals surface area contributed by atoms with Crippen molar-refractivity contribution in [2.45, 2.75) is 38.1 Å². The molecule has 3 rings (SSSR count). The zero-order chi connectivity index (χ0) is 21.5. The van der Waals surface area contributed by atoms with Crippen LogP contribution in [0.1, 0.15) is 32.1 Å². The molecule has 0 bridgehead atoms. The van der Waals surface area contributed by atoms with Crippen LogP contribution < -0.4 is 10.6 Å². The highest BCUT2D eigenvalue weighted by Gasteiger charge is 2.30. The third-order valence-corrected chi connectivity index (χ3v) is 5.47. The van der Waals surface area contributed by atoms with E-state index in [4.69, 9.17) is 16.9 Å². The lowest BCUT2D eigenvalue weighted by atomic mass is 10.1. The van der Waals surface area contributed by atoms with Crippen LogP contribution in [0.15, 0.2) is 23.2 Å². The Balaban J connectivity index is 1.73. The molecule has 30 heavy (non-hydrogen) atoms. The SMILES string of the molecule is N#CNC(=NC1CCCCN(CC(=O)N2CCCC2)C1=O)Nc1ccc(F)c(Cl)c1. The van der Waals surface area contributed by atoms with Crippen LogP contribution >= 0.6 is 11.6 Å². The maximum Gasteiger partial charge on any atom is 0.247 e. The van der Waals surface area contributed by atoms with Crippen molar-refractivity contribution < 1.29 is 14.0 Å². The molecule has 10 heteroatoms. The predicted molar refractivity (Wildman–Crippen MR) is 111 cm³/mol. The van der Waals surface area contributed by atoms with Gasteiger partial charge in [-0.3, -0.25) is 14.9 Å². The normalized spacial score (nSPS) is 20.0. The maximum atomic E-state index is 13.4. The number of hydrogen-bond acceptors (Lipinski definition) is 4. The number of amides is 2. The van der Waals surface area contributed by atoms with Crippen LogP contribution in [0, 0.1) is 17.3 Å². The highest BCUT2D eigenvalue weighted by atomic mass is 35.5. The summed E-state index contributed by atoms with van der Waals surface area (Å²) in [5.41, 5.74) is 0.421. The Bertz CT molecular complexity index is 865. The molecule has 2 aliphatic heterocycles. The molecule has 2 N–H and O–H groups in total. The number of benzene rings is 1. The number of nitriles is 1. The van der Waals surface area contributed by atoms with Crippen LogP contribution in [0.2, 0.25) is 5.02 Å². The molecule has 160 valence electrons. The van der Waals surface area contributed by atoms with Crippen LogP contribution in [0.3, 0.4) is 0 Å². The number of hydrogen-bond donors (Lipinski definition) is 2. The van der Waals surface area contributed by atoms with E-state index in [9.17, 15) is 14.0 Å². The van der Waals surface area contributed by atoms with Crippen molar-refractivity contribution in [1.82, 2.24) is 15.1 Å². The van der Waals surface area contributed by atoms with Gasteiger partial charge >= 0.3 is 0 Å². The highest BCUT2D eigenvalue weighted by molar-refractivity contribution is 6.31. The fraction of sp³-hybridized carbons (Fsp3) is 0.500. The first kappa shape index (κ1) is 21.8. The van der Waals surface area contributed by atoms with Crippen molar-refractivity contribution in [3.8, 4) is 6.19 Å². The number of nitrogens with zero attached hydrogens (tertiary/aromatic N) is 4. The number of anilines is 1. The van der Waals surface area contributed by atoms with Crippen LogP contribution in [-0.2, 0) is 9.59 Å². The van der Waals surface area contributed by atoms with Crippen molar-refractivity contribution in [3.63, 3.8) is 0 Å². The number of halogens is 2. The third kappa shape index (κ3) is 5.60. The predicted octanol–water partition coefficient (Wildman–Crippen LogP) is 2.32. The number of rotatable bonds is 4. The quantitative estimate of drug-likeness (QED) is 0.328. The summed E-state index contributed by atoms with van der Waals surface area (Å²) >= 11 is 5.80. The highest BCUT2D eigenvalue weighted by Crippen LogP contribution is 2.20. The minimum atomic E-state index is -0.724. The molecular formula is C20H24ClFN6O2. The molecule has 0 radical (unpaired) electrons. The summed E-state index contributed by atoms with van der Waals surface area (Å²) < 4.78 is 13.4. The van der Waals surface area contributed by atoms with E-state index >= 15 is 0 Å². The first-order chi connectivity index (χ1) is 14.5. The molecular weight excluding hydrogens is 411 g/mol. The van der Waals surface area contributed by atoms with Crippen LogP contribution in [0.25, 0.3) is 0 Å². The van der Waals surface area contributed by atoms with E-state index in [1.54, 1.807) is 16.0 Å². The van der Waals surface area contributed by atoms with Gasteiger partial charge < -0.3 is 15.1 Å². The first-order valence-electron chi connectivity index (χ1n) is 9.99. The van der Waals surface area contributed by atoms with Gasteiger partial charge in [-0.15, -0.1) is 0 Å². The second-order valence-corrected chi connectivity index (χ2v) is 7.73. The second-order valence-electron chi connectivity index (χ2n) is 7.33. The van der Waals surface area contributed by atoms with Gasteiger partial charge in [0.25, 0.3) is 0 Å². The summed E-state index contributed by atoms with van der Waals surface area (Å²) in [7, 11) is 0. The molecule has 0 aromatic heterocycles. The van der Waals surface area contributed by atoms with Crippen molar-refractivity contribution >= 4 is 35.1 Å². The van der Waals surface area contributed by atoms with E-state index in [0.29, 0.717) is 18.7 Å². The standard InChI is InChI=1S/C20H24ClFN6O2/c21-15-11-14(6-7-16(15)22)25-20(24-13-23)26-17-5-1-2-10-28(19(17)30)12-18(29)27-8-3-4-9-27/h6-7,11,17H,1-5,8-10,12H2,(H2,24,25,26). The molecule has 0 spiro atoms. The van der Waals surface area contributed by atoms with E-state index < -0.39 is 11.9 Å². The van der Waals surface area contributed by atoms with Crippen molar-refractivity contribution in [2.24, 2.45) is 4.99 Å². The molecule has 8 nitrogen and oxygen atoms in total. The summed E-state index contributed by atoms with van der Waals surface area (Å²) in [4.78, 5) is 33.2. The summed E-state index contributed by atoms with van der Waals surface area (Å²) in [5, 5.41) is 14.2. The van der Waals surface area contributed by atoms with E-state index in [0.717, 1.165) is 38.8 Å². The Hall–Kier alpha value is -2.86. The second kappa shape index (κ2) is 10.3. The average molecular weight is 435 g/mol. The largest absolute Gasteiger partial charge is 0.341 e. The Kier molecular flexibility index (Phi) is 7.46. The number of carbonyl (C=O) groups is 2. The molecule has 2 aliphatic rings. The first-order valence-corrected chi connectivity index (χ1v) is 10.4. The summed E-state index contributed by atoms with van der Waals surface area (Å²) in [6.07, 6.45) is 5.84. The van der Waals surface area contributed by atoms with Crippen LogP contribution in [0.5, 0.6) is 0 Å². The lowest BCUT2D eigenvalue weighted by molar-refractivity contribution is -0.140. The van der Waals surface area contributed by atoms with Crippen LogP contribution in [-0.4, -0.2) is 59.8 Å². The van der Waals surface area contributed by atoms with Gasteiger partial charge in [-0.2, -0.15) is 5.26 Å². The van der Waals surface area contributed by atoms with E-state index in [-0.39, 0.29) is 29.3 Å². The molecule has 0 aliphatic carbocycles. The average Bonchev–Trinajstić information content (AvgIpc) is 3.21.